The number of sulfonamides is 1. The molecule has 3 heterocycles. The second-order valence-electron chi connectivity index (χ2n) is 11.9. The molecule has 1 aromatic heterocycles. The average molecular weight is 609 g/mol. The minimum atomic E-state index is -3.96. The lowest BCUT2D eigenvalue weighted by molar-refractivity contribution is 0.0930. The van der Waals surface area contributed by atoms with Crippen molar-refractivity contribution in [1.82, 2.24) is 9.88 Å². The van der Waals surface area contributed by atoms with E-state index in [0.29, 0.717) is 35.9 Å². The van der Waals surface area contributed by atoms with Gasteiger partial charge in [-0.3, -0.25) is 14.3 Å². The van der Waals surface area contributed by atoms with E-state index in [0.717, 1.165) is 43.5 Å². The zero-order valence-electron chi connectivity index (χ0n) is 23.6. The molecule has 3 aromatic rings. The van der Waals surface area contributed by atoms with Crippen molar-refractivity contribution < 1.29 is 13.2 Å². The summed E-state index contributed by atoms with van der Waals surface area (Å²) < 4.78 is 31.7. The second-order valence-corrected chi connectivity index (χ2v) is 14.0. The third-order valence-corrected chi connectivity index (χ3v) is 10.5. The van der Waals surface area contributed by atoms with Gasteiger partial charge in [-0.15, -0.1) is 0 Å². The van der Waals surface area contributed by atoms with Gasteiger partial charge in [0.05, 0.1) is 16.3 Å². The van der Waals surface area contributed by atoms with Gasteiger partial charge in [0.15, 0.2) is 0 Å². The number of halogens is 1. The van der Waals surface area contributed by atoms with Crippen molar-refractivity contribution in [3.63, 3.8) is 0 Å². The number of aromatic nitrogens is 1. The number of fused-ring (bicyclic) bond motifs is 4. The Bertz CT molecular complexity index is 1610. The smallest absolute Gasteiger partial charge is 0.261 e. The standard InChI is InChI=1S/C32H37ClN4O4S/c33-25-12-14-27(15-13-25)42(40,41)35-28-18-23(32(39)34-26-7-4-2-1-3-5-8-26)11-16-30(28)36-19-22-17-24(21-36)29-9-6-10-31(38)37(29)20-22/h6,9-16,18,22,24,26,35H,1-5,7-8,17,19-21H2,(H,34,39)/t22-,24+/m1/s1. The van der Waals surface area contributed by atoms with Gasteiger partial charge in [-0.25, -0.2) is 8.42 Å². The molecule has 2 aliphatic heterocycles. The minimum absolute atomic E-state index is 0.0201. The Morgan fingerprint density at radius 1 is 0.881 bits per heavy atom. The number of carbonyl (C=O) groups excluding carboxylic acids is 1. The highest BCUT2D eigenvalue weighted by atomic mass is 35.5. The van der Waals surface area contributed by atoms with Gasteiger partial charge in [0.1, 0.15) is 0 Å². The van der Waals surface area contributed by atoms with Crippen LogP contribution in [0.25, 0.3) is 0 Å². The summed E-state index contributed by atoms with van der Waals surface area (Å²) in [6.45, 7) is 1.96. The molecule has 2 fully saturated rings. The monoisotopic (exact) mass is 608 g/mol. The molecule has 6 rings (SSSR count). The molecule has 8 nitrogen and oxygen atoms in total. The number of nitrogens with one attached hydrogen (secondary N) is 2. The maximum Gasteiger partial charge on any atom is 0.261 e. The van der Waals surface area contributed by atoms with Gasteiger partial charge in [0.2, 0.25) is 0 Å². The third kappa shape index (κ3) is 6.22. The number of carbonyl (C=O) groups is 1. The van der Waals surface area contributed by atoms with E-state index >= 15 is 0 Å². The largest absolute Gasteiger partial charge is 0.369 e. The highest BCUT2D eigenvalue weighted by molar-refractivity contribution is 7.92. The van der Waals surface area contributed by atoms with Crippen molar-refractivity contribution in [2.75, 3.05) is 22.7 Å². The average Bonchev–Trinajstić information content (AvgIpc) is 2.95. The van der Waals surface area contributed by atoms with Crippen LogP contribution in [0.3, 0.4) is 0 Å². The SMILES string of the molecule is O=C(NC1CCCCCCC1)c1ccc(N2C[C@H]3C[C@@H](C2)c2cccc(=O)n2C3)c(NS(=O)(=O)c2ccc(Cl)cc2)c1. The molecule has 2 bridgehead atoms. The third-order valence-electron chi connectivity index (χ3n) is 8.89. The van der Waals surface area contributed by atoms with Gasteiger partial charge in [0.25, 0.3) is 21.5 Å². The van der Waals surface area contributed by atoms with Gasteiger partial charge in [-0.2, -0.15) is 0 Å². The summed E-state index contributed by atoms with van der Waals surface area (Å²) in [5, 5.41) is 3.65. The van der Waals surface area contributed by atoms with Gasteiger partial charge in [-0.1, -0.05) is 49.8 Å². The van der Waals surface area contributed by atoms with Crippen molar-refractivity contribution in [3.8, 4) is 0 Å². The van der Waals surface area contributed by atoms with E-state index in [-0.39, 0.29) is 34.2 Å². The van der Waals surface area contributed by atoms with Crippen LogP contribution in [0.5, 0.6) is 0 Å². The number of anilines is 2. The molecule has 222 valence electrons. The lowest BCUT2D eigenvalue weighted by atomic mass is 9.83. The maximum atomic E-state index is 13.5. The van der Waals surface area contributed by atoms with E-state index < -0.39 is 10.0 Å². The van der Waals surface area contributed by atoms with Crippen LogP contribution >= 0.6 is 11.6 Å². The summed E-state index contributed by atoms with van der Waals surface area (Å²) in [6, 6.07) is 16.9. The number of nitrogens with zero attached hydrogens (tertiary/aromatic N) is 2. The molecule has 1 amide bonds. The van der Waals surface area contributed by atoms with E-state index in [2.05, 4.69) is 14.9 Å². The summed E-state index contributed by atoms with van der Waals surface area (Å²) in [7, 11) is -3.96. The Morgan fingerprint density at radius 3 is 2.38 bits per heavy atom. The normalized spacial score (nSPS) is 21.1. The number of benzene rings is 2. The molecule has 1 saturated carbocycles. The zero-order valence-corrected chi connectivity index (χ0v) is 25.2. The molecule has 2 aromatic carbocycles. The van der Waals surface area contributed by atoms with Crippen molar-refractivity contribution in [2.45, 2.75) is 74.8 Å². The number of rotatable bonds is 6. The number of hydrogen-bond acceptors (Lipinski definition) is 5. The van der Waals surface area contributed by atoms with Crippen LogP contribution in [-0.2, 0) is 16.6 Å². The quantitative estimate of drug-likeness (QED) is 0.370. The van der Waals surface area contributed by atoms with E-state index in [9.17, 15) is 18.0 Å². The summed E-state index contributed by atoms with van der Waals surface area (Å²) in [6.07, 6.45) is 8.73. The fourth-order valence-electron chi connectivity index (χ4n) is 6.81. The molecule has 0 spiro atoms. The van der Waals surface area contributed by atoms with Crippen LogP contribution in [0, 0.1) is 5.92 Å². The molecule has 3 aliphatic rings. The highest BCUT2D eigenvalue weighted by Crippen LogP contribution is 2.40. The molecule has 0 radical (unpaired) electrons. The number of pyridine rings is 1. The van der Waals surface area contributed by atoms with Crippen molar-refractivity contribution in [1.29, 1.82) is 0 Å². The number of piperidine rings is 1. The molecule has 10 heteroatoms. The summed E-state index contributed by atoms with van der Waals surface area (Å²) in [4.78, 5) is 28.2. The molecule has 42 heavy (non-hydrogen) atoms. The molecule has 2 N–H and O–H groups in total. The van der Waals surface area contributed by atoms with Crippen LogP contribution in [0.15, 0.2) is 70.4 Å². The van der Waals surface area contributed by atoms with Gasteiger partial charge in [-0.05, 0) is 73.7 Å². The Morgan fingerprint density at radius 2 is 1.62 bits per heavy atom. The summed E-state index contributed by atoms with van der Waals surface area (Å²) in [5.74, 6) is 0.205. The van der Waals surface area contributed by atoms with Crippen LogP contribution in [0.1, 0.15) is 73.3 Å². The van der Waals surface area contributed by atoms with E-state index in [1.165, 1.54) is 31.4 Å². The molecule has 1 aliphatic carbocycles. The fourth-order valence-corrected chi connectivity index (χ4v) is 8.01. The van der Waals surface area contributed by atoms with Gasteiger partial charge < -0.3 is 14.8 Å². The zero-order chi connectivity index (χ0) is 29.3. The Balaban J connectivity index is 1.32. The Hall–Kier alpha value is -3.30. The lowest BCUT2D eigenvalue weighted by Crippen LogP contribution is -2.47. The van der Waals surface area contributed by atoms with Gasteiger partial charge >= 0.3 is 0 Å². The summed E-state index contributed by atoms with van der Waals surface area (Å²) >= 11 is 6.01. The number of amides is 1. The van der Waals surface area contributed by atoms with Crippen molar-refractivity contribution in [2.24, 2.45) is 5.92 Å². The first-order valence-corrected chi connectivity index (χ1v) is 16.8. The Labute approximate surface area is 252 Å². The van der Waals surface area contributed by atoms with Crippen LogP contribution < -0.4 is 20.5 Å². The molecule has 0 unspecified atom stereocenters. The lowest BCUT2D eigenvalue weighted by Gasteiger charge is -2.44. The molecule has 1 saturated heterocycles. The van der Waals surface area contributed by atoms with E-state index in [4.69, 9.17) is 11.6 Å². The summed E-state index contributed by atoms with van der Waals surface area (Å²) in [5.41, 5.74) is 2.54. The topological polar surface area (TPSA) is 101 Å². The Kier molecular flexibility index (Phi) is 8.32. The molecule has 2 atom stereocenters. The second kappa shape index (κ2) is 12.1. The van der Waals surface area contributed by atoms with Crippen molar-refractivity contribution >= 4 is 38.9 Å². The van der Waals surface area contributed by atoms with Gasteiger partial charge in [0, 0.05) is 53.9 Å². The maximum absolute atomic E-state index is 13.5. The minimum Gasteiger partial charge on any atom is -0.369 e. The van der Waals surface area contributed by atoms with Crippen LogP contribution in [0.4, 0.5) is 11.4 Å². The van der Waals surface area contributed by atoms with Crippen LogP contribution in [0.2, 0.25) is 5.02 Å². The van der Waals surface area contributed by atoms with Crippen LogP contribution in [-0.4, -0.2) is 38.0 Å². The predicted octanol–water partition coefficient (Wildman–Crippen LogP) is 5.77. The van der Waals surface area contributed by atoms with Crippen molar-refractivity contribution in [3.05, 3.63) is 87.3 Å². The van der Waals surface area contributed by atoms with E-state index in [1.54, 1.807) is 30.3 Å². The fraction of sp³-hybridized carbons (Fsp3) is 0.438. The number of hydrogen-bond donors (Lipinski definition) is 2. The highest BCUT2D eigenvalue weighted by Gasteiger charge is 2.35. The first-order chi connectivity index (χ1) is 20.3. The predicted molar refractivity (Wildman–Crippen MR) is 166 cm³/mol. The molecular formula is C32H37ClN4O4S. The first-order valence-electron chi connectivity index (χ1n) is 14.9. The first kappa shape index (κ1) is 28.8. The van der Waals surface area contributed by atoms with E-state index in [1.807, 2.05) is 22.8 Å². The molecular weight excluding hydrogens is 572 g/mol.